The number of benzene rings is 3. The smallest absolute Gasteiger partial charge is 0.243 e. The number of anilines is 1. The number of piperidine rings is 1. The summed E-state index contributed by atoms with van der Waals surface area (Å²) < 4.78 is 27.8. The zero-order chi connectivity index (χ0) is 21.4. The first-order valence-corrected chi connectivity index (χ1v) is 12.4. The fourth-order valence-corrected chi connectivity index (χ4v) is 6.31. The molecule has 1 amide bonds. The lowest BCUT2D eigenvalue weighted by Crippen LogP contribution is -2.41. The van der Waals surface area contributed by atoms with Gasteiger partial charge in [0.15, 0.2) is 0 Å². The maximum absolute atomic E-state index is 13.1. The standard InChI is InChI=1S/C25H26N2O3S/c28-25(26-24-10-4-7-19-5-1-2-9-23(19)24)20-13-15-27(16-14-20)31(29,30)22-12-11-18-6-3-8-21(18)17-22/h1-2,4-5,7,9-12,17,20H,3,6,8,13-16H2,(H,26,28). The Hall–Kier alpha value is -2.70. The SMILES string of the molecule is O=C(Nc1cccc2ccccc12)C1CCN(S(=O)(=O)c2ccc3c(c2)CCC3)CC1. The number of carbonyl (C=O) groups is 1. The van der Waals surface area contributed by atoms with Gasteiger partial charge in [-0.1, -0.05) is 42.5 Å². The summed E-state index contributed by atoms with van der Waals surface area (Å²) in [6, 6.07) is 19.4. The Morgan fingerprint density at radius 1 is 0.903 bits per heavy atom. The molecule has 0 unspecified atom stereocenters. The molecule has 1 N–H and O–H groups in total. The summed E-state index contributed by atoms with van der Waals surface area (Å²) in [6.07, 6.45) is 4.14. The molecule has 5 rings (SSSR count). The van der Waals surface area contributed by atoms with Crippen molar-refractivity contribution < 1.29 is 13.2 Å². The average molecular weight is 435 g/mol. The molecule has 0 radical (unpaired) electrons. The van der Waals surface area contributed by atoms with Crippen LogP contribution >= 0.6 is 0 Å². The first-order chi connectivity index (χ1) is 15.0. The number of hydrogen-bond donors (Lipinski definition) is 1. The maximum atomic E-state index is 13.1. The minimum absolute atomic E-state index is 0.0362. The third kappa shape index (κ3) is 3.86. The molecule has 0 atom stereocenters. The molecule has 2 aliphatic rings. The minimum atomic E-state index is -3.52. The summed E-state index contributed by atoms with van der Waals surface area (Å²) in [5.74, 6) is -0.226. The van der Waals surface area contributed by atoms with E-state index in [1.165, 1.54) is 9.87 Å². The number of amides is 1. The molecule has 5 nitrogen and oxygen atoms in total. The molecule has 3 aromatic carbocycles. The summed E-state index contributed by atoms with van der Waals surface area (Å²) in [5, 5.41) is 5.15. The molecule has 1 fully saturated rings. The molecule has 1 aliphatic carbocycles. The Labute approximate surface area is 183 Å². The molecule has 1 heterocycles. The average Bonchev–Trinajstić information content (AvgIpc) is 3.27. The molecule has 0 aromatic heterocycles. The second kappa shape index (κ2) is 8.09. The number of nitrogens with zero attached hydrogens (tertiary/aromatic N) is 1. The second-order valence-corrected chi connectivity index (χ2v) is 10.4. The van der Waals surface area contributed by atoms with Gasteiger partial charge in [0.1, 0.15) is 0 Å². The highest BCUT2D eigenvalue weighted by molar-refractivity contribution is 7.89. The number of carbonyl (C=O) groups excluding carboxylic acids is 1. The van der Waals surface area contributed by atoms with Gasteiger partial charge in [-0.05, 0) is 66.8 Å². The molecule has 160 valence electrons. The zero-order valence-corrected chi connectivity index (χ0v) is 18.2. The van der Waals surface area contributed by atoms with E-state index >= 15 is 0 Å². The van der Waals surface area contributed by atoms with Gasteiger partial charge >= 0.3 is 0 Å². The van der Waals surface area contributed by atoms with E-state index < -0.39 is 10.0 Å². The highest BCUT2D eigenvalue weighted by Gasteiger charge is 2.32. The fraction of sp³-hybridized carbons (Fsp3) is 0.320. The summed E-state index contributed by atoms with van der Waals surface area (Å²) in [4.78, 5) is 13.3. The minimum Gasteiger partial charge on any atom is -0.325 e. The van der Waals surface area contributed by atoms with E-state index in [1.54, 1.807) is 6.07 Å². The van der Waals surface area contributed by atoms with E-state index in [2.05, 4.69) is 5.32 Å². The molecule has 1 saturated heterocycles. The second-order valence-electron chi connectivity index (χ2n) is 8.48. The Kier molecular flexibility index (Phi) is 5.28. The molecule has 0 saturated carbocycles. The third-order valence-electron chi connectivity index (χ3n) is 6.58. The molecular formula is C25H26N2O3S. The van der Waals surface area contributed by atoms with Gasteiger partial charge in [-0.3, -0.25) is 4.79 Å². The summed E-state index contributed by atoms with van der Waals surface area (Å²) in [6.45, 7) is 0.736. The van der Waals surface area contributed by atoms with Crippen molar-refractivity contribution in [3.63, 3.8) is 0 Å². The van der Waals surface area contributed by atoms with Gasteiger partial charge in [0.25, 0.3) is 0 Å². The van der Waals surface area contributed by atoms with Crippen LogP contribution in [-0.4, -0.2) is 31.7 Å². The maximum Gasteiger partial charge on any atom is 0.243 e. The van der Waals surface area contributed by atoms with Crippen molar-refractivity contribution >= 4 is 32.4 Å². The van der Waals surface area contributed by atoms with Crippen molar-refractivity contribution in [2.75, 3.05) is 18.4 Å². The highest BCUT2D eigenvalue weighted by Crippen LogP contribution is 2.30. The van der Waals surface area contributed by atoms with Crippen molar-refractivity contribution in [1.82, 2.24) is 4.31 Å². The summed E-state index contributed by atoms with van der Waals surface area (Å²) in [7, 11) is -3.52. The van der Waals surface area contributed by atoms with E-state index in [4.69, 9.17) is 0 Å². The van der Waals surface area contributed by atoms with Crippen LogP contribution in [0.2, 0.25) is 0 Å². The third-order valence-corrected chi connectivity index (χ3v) is 8.47. The van der Waals surface area contributed by atoms with Crippen LogP contribution in [0.5, 0.6) is 0 Å². The van der Waals surface area contributed by atoms with Gasteiger partial charge in [-0.2, -0.15) is 4.31 Å². The van der Waals surface area contributed by atoms with Crippen LogP contribution in [0.3, 0.4) is 0 Å². The van der Waals surface area contributed by atoms with Gasteiger partial charge in [0.2, 0.25) is 15.9 Å². The lowest BCUT2D eigenvalue weighted by Gasteiger charge is -2.30. The summed E-state index contributed by atoms with van der Waals surface area (Å²) >= 11 is 0. The number of aryl methyl sites for hydroxylation is 2. The van der Waals surface area contributed by atoms with Gasteiger partial charge in [-0.15, -0.1) is 0 Å². The number of rotatable bonds is 4. The Bertz CT molecular complexity index is 1240. The van der Waals surface area contributed by atoms with Gasteiger partial charge in [0, 0.05) is 30.1 Å². The molecule has 3 aromatic rings. The van der Waals surface area contributed by atoms with Crippen LogP contribution in [-0.2, 0) is 27.7 Å². The van der Waals surface area contributed by atoms with Crippen LogP contribution in [0.1, 0.15) is 30.4 Å². The first-order valence-electron chi connectivity index (χ1n) is 10.9. The predicted octanol–water partition coefficient (Wildman–Crippen LogP) is 4.37. The zero-order valence-electron chi connectivity index (χ0n) is 17.4. The first kappa shape index (κ1) is 20.2. The lowest BCUT2D eigenvalue weighted by molar-refractivity contribution is -0.120. The van der Waals surface area contributed by atoms with E-state index in [9.17, 15) is 13.2 Å². The summed E-state index contributed by atoms with van der Waals surface area (Å²) in [5.41, 5.74) is 3.23. The number of fused-ring (bicyclic) bond motifs is 2. The van der Waals surface area contributed by atoms with E-state index in [-0.39, 0.29) is 11.8 Å². The van der Waals surface area contributed by atoms with Crippen molar-refractivity contribution in [2.45, 2.75) is 37.0 Å². The van der Waals surface area contributed by atoms with Crippen molar-refractivity contribution in [1.29, 1.82) is 0 Å². The largest absolute Gasteiger partial charge is 0.325 e. The molecular weight excluding hydrogens is 408 g/mol. The predicted molar refractivity (Wildman–Crippen MR) is 123 cm³/mol. The molecule has 0 bridgehead atoms. The number of nitrogens with one attached hydrogen (secondary N) is 1. The normalized spacial score (nSPS) is 17.5. The molecule has 1 aliphatic heterocycles. The van der Waals surface area contributed by atoms with E-state index in [0.717, 1.165) is 41.3 Å². The van der Waals surface area contributed by atoms with Crippen LogP contribution in [0.25, 0.3) is 10.8 Å². The van der Waals surface area contributed by atoms with Crippen molar-refractivity contribution in [3.8, 4) is 0 Å². The topological polar surface area (TPSA) is 66.5 Å². The number of sulfonamides is 1. The Balaban J connectivity index is 1.26. The van der Waals surface area contributed by atoms with Crippen LogP contribution in [0, 0.1) is 5.92 Å². The molecule has 6 heteroatoms. The molecule has 0 spiro atoms. The van der Waals surface area contributed by atoms with Crippen LogP contribution in [0.4, 0.5) is 5.69 Å². The van der Waals surface area contributed by atoms with Gasteiger partial charge < -0.3 is 5.32 Å². The Morgan fingerprint density at radius 2 is 1.65 bits per heavy atom. The lowest BCUT2D eigenvalue weighted by atomic mass is 9.97. The molecule has 31 heavy (non-hydrogen) atoms. The van der Waals surface area contributed by atoms with E-state index in [0.29, 0.717) is 30.8 Å². The monoisotopic (exact) mass is 434 g/mol. The van der Waals surface area contributed by atoms with E-state index in [1.807, 2.05) is 54.6 Å². The van der Waals surface area contributed by atoms with Gasteiger partial charge in [-0.25, -0.2) is 8.42 Å². The Morgan fingerprint density at radius 3 is 2.48 bits per heavy atom. The van der Waals surface area contributed by atoms with Crippen LogP contribution in [0.15, 0.2) is 65.6 Å². The fourth-order valence-electron chi connectivity index (χ4n) is 4.79. The quantitative estimate of drug-likeness (QED) is 0.663. The number of hydrogen-bond acceptors (Lipinski definition) is 3. The van der Waals surface area contributed by atoms with Crippen molar-refractivity contribution in [2.24, 2.45) is 5.92 Å². The van der Waals surface area contributed by atoms with Crippen molar-refractivity contribution in [3.05, 3.63) is 71.8 Å². The highest BCUT2D eigenvalue weighted by atomic mass is 32.2. The van der Waals surface area contributed by atoms with Gasteiger partial charge in [0.05, 0.1) is 4.90 Å². The van der Waals surface area contributed by atoms with Crippen LogP contribution < -0.4 is 5.32 Å².